The monoisotopic (exact) mass is 451 g/mol. The number of nitro groups is 1. The molecular formula is C24H22ClN3O4. The van der Waals surface area contributed by atoms with Crippen molar-refractivity contribution in [2.45, 2.75) is 19.1 Å². The summed E-state index contributed by atoms with van der Waals surface area (Å²) in [6, 6.07) is 21.1. The number of amides is 1. The van der Waals surface area contributed by atoms with Gasteiger partial charge in [0.05, 0.1) is 28.2 Å². The Hall–Kier alpha value is -3.26. The molecule has 0 saturated carbocycles. The molecule has 164 valence electrons. The molecule has 4 rings (SSSR count). The molecule has 0 aromatic heterocycles. The van der Waals surface area contributed by atoms with E-state index in [0.29, 0.717) is 13.1 Å². The van der Waals surface area contributed by atoms with Gasteiger partial charge in [-0.3, -0.25) is 19.8 Å². The highest BCUT2D eigenvalue weighted by molar-refractivity contribution is 6.34. The standard InChI is InChI=1S/C24H22ClN3O4/c25-22-12-19(28(31)32)10-11-21(22)24(30)27-15-20(16-29)26(13-17-6-2-1-3-7-17)14-18-8-4-5-9-23(18)27/h1-12,20,29H,13-16H2. The Morgan fingerprint density at radius 2 is 1.81 bits per heavy atom. The Labute approximate surface area is 190 Å². The van der Waals surface area contributed by atoms with Crippen LogP contribution in [0.1, 0.15) is 21.5 Å². The van der Waals surface area contributed by atoms with Crippen LogP contribution in [0, 0.1) is 10.1 Å². The van der Waals surface area contributed by atoms with Crippen LogP contribution in [-0.4, -0.2) is 40.0 Å². The van der Waals surface area contributed by atoms with E-state index >= 15 is 0 Å². The summed E-state index contributed by atoms with van der Waals surface area (Å²) in [4.78, 5) is 27.8. The number of fused-ring (bicyclic) bond motifs is 1. The number of hydrogen-bond donors (Lipinski definition) is 1. The third kappa shape index (κ3) is 4.50. The third-order valence-electron chi connectivity index (χ3n) is 5.64. The number of halogens is 1. The second-order valence-corrected chi connectivity index (χ2v) is 8.10. The number of rotatable bonds is 5. The highest BCUT2D eigenvalue weighted by Crippen LogP contribution is 2.31. The summed E-state index contributed by atoms with van der Waals surface area (Å²) >= 11 is 6.25. The fraction of sp³-hybridized carbons (Fsp3) is 0.208. The van der Waals surface area contributed by atoms with E-state index in [4.69, 9.17) is 11.6 Å². The van der Waals surface area contributed by atoms with Crippen molar-refractivity contribution >= 4 is 28.9 Å². The van der Waals surface area contributed by atoms with Crippen LogP contribution in [0.3, 0.4) is 0 Å². The van der Waals surface area contributed by atoms with Gasteiger partial charge in [-0.25, -0.2) is 0 Å². The highest BCUT2D eigenvalue weighted by atomic mass is 35.5. The molecule has 8 heteroatoms. The smallest absolute Gasteiger partial charge is 0.270 e. The molecule has 0 radical (unpaired) electrons. The molecule has 1 aliphatic rings. The highest BCUT2D eigenvalue weighted by Gasteiger charge is 2.32. The van der Waals surface area contributed by atoms with Gasteiger partial charge >= 0.3 is 0 Å². The summed E-state index contributed by atoms with van der Waals surface area (Å²) in [5, 5.41) is 21.2. The van der Waals surface area contributed by atoms with Gasteiger partial charge in [-0.1, -0.05) is 60.1 Å². The van der Waals surface area contributed by atoms with Gasteiger partial charge in [0.15, 0.2) is 0 Å². The molecule has 1 aliphatic heterocycles. The van der Waals surface area contributed by atoms with E-state index in [-0.39, 0.29) is 41.4 Å². The first-order valence-corrected chi connectivity index (χ1v) is 10.6. The fourth-order valence-corrected chi connectivity index (χ4v) is 4.24. The zero-order valence-corrected chi connectivity index (χ0v) is 18.0. The minimum atomic E-state index is -0.551. The predicted octanol–water partition coefficient (Wildman–Crippen LogP) is 4.27. The maximum atomic E-state index is 13.5. The lowest BCUT2D eigenvalue weighted by atomic mass is 10.1. The SMILES string of the molecule is O=C(c1ccc([N+](=O)[O-])cc1Cl)N1CC(CO)N(Cc2ccccc2)Cc2ccccc21. The molecule has 1 amide bonds. The maximum absolute atomic E-state index is 13.5. The lowest BCUT2D eigenvalue weighted by molar-refractivity contribution is -0.384. The minimum Gasteiger partial charge on any atom is -0.395 e. The van der Waals surface area contributed by atoms with Crippen LogP contribution in [0.5, 0.6) is 0 Å². The average Bonchev–Trinajstić information content (AvgIpc) is 2.95. The number of para-hydroxylation sites is 1. The van der Waals surface area contributed by atoms with Crippen LogP contribution in [0.2, 0.25) is 5.02 Å². The van der Waals surface area contributed by atoms with Crippen molar-refractivity contribution in [3.8, 4) is 0 Å². The molecular weight excluding hydrogens is 430 g/mol. The summed E-state index contributed by atoms with van der Waals surface area (Å²) in [5.41, 5.74) is 2.80. The van der Waals surface area contributed by atoms with Gasteiger partial charge in [-0.2, -0.15) is 0 Å². The van der Waals surface area contributed by atoms with Crippen molar-refractivity contribution in [2.24, 2.45) is 0 Å². The number of non-ortho nitro benzene ring substituents is 1. The summed E-state index contributed by atoms with van der Waals surface area (Å²) < 4.78 is 0. The Morgan fingerprint density at radius 1 is 1.09 bits per heavy atom. The molecule has 1 atom stereocenters. The van der Waals surface area contributed by atoms with Crippen molar-refractivity contribution < 1.29 is 14.8 Å². The van der Waals surface area contributed by atoms with E-state index in [9.17, 15) is 20.0 Å². The molecule has 32 heavy (non-hydrogen) atoms. The zero-order valence-electron chi connectivity index (χ0n) is 17.2. The van der Waals surface area contributed by atoms with Gasteiger partial charge in [0.1, 0.15) is 0 Å². The number of aliphatic hydroxyl groups is 1. The number of carbonyl (C=O) groups is 1. The van der Waals surface area contributed by atoms with Gasteiger partial charge < -0.3 is 10.0 Å². The summed E-state index contributed by atoms with van der Waals surface area (Å²) in [6.45, 7) is 1.32. The average molecular weight is 452 g/mol. The quantitative estimate of drug-likeness (QED) is 0.462. The van der Waals surface area contributed by atoms with E-state index in [1.165, 1.54) is 18.2 Å². The predicted molar refractivity (Wildman–Crippen MR) is 123 cm³/mol. The Bertz CT molecular complexity index is 1140. The van der Waals surface area contributed by atoms with Crippen LogP contribution >= 0.6 is 11.6 Å². The topological polar surface area (TPSA) is 86.9 Å². The molecule has 1 unspecified atom stereocenters. The van der Waals surface area contributed by atoms with Crippen molar-refractivity contribution in [1.82, 2.24) is 4.90 Å². The van der Waals surface area contributed by atoms with E-state index in [1.807, 2.05) is 54.6 Å². The Morgan fingerprint density at radius 3 is 2.50 bits per heavy atom. The van der Waals surface area contributed by atoms with Crippen LogP contribution in [0.4, 0.5) is 11.4 Å². The molecule has 0 spiro atoms. The van der Waals surface area contributed by atoms with Crippen LogP contribution in [0.15, 0.2) is 72.8 Å². The molecule has 0 saturated heterocycles. The van der Waals surface area contributed by atoms with Crippen molar-refractivity contribution in [1.29, 1.82) is 0 Å². The molecule has 0 fully saturated rings. The van der Waals surface area contributed by atoms with E-state index in [0.717, 1.165) is 16.8 Å². The molecule has 0 aliphatic carbocycles. The molecule has 1 heterocycles. The number of nitrogens with zero attached hydrogens (tertiary/aromatic N) is 3. The second kappa shape index (κ2) is 9.48. The van der Waals surface area contributed by atoms with Crippen LogP contribution < -0.4 is 4.90 Å². The molecule has 7 nitrogen and oxygen atoms in total. The number of hydrogen-bond acceptors (Lipinski definition) is 5. The van der Waals surface area contributed by atoms with Crippen LogP contribution in [-0.2, 0) is 13.1 Å². The number of benzene rings is 3. The van der Waals surface area contributed by atoms with Gasteiger partial charge in [-0.05, 0) is 23.3 Å². The van der Waals surface area contributed by atoms with Gasteiger partial charge in [-0.15, -0.1) is 0 Å². The largest absolute Gasteiger partial charge is 0.395 e. The van der Waals surface area contributed by atoms with E-state index in [2.05, 4.69) is 4.90 Å². The number of anilines is 1. The number of carbonyl (C=O) groups excluding carboxylic acids is 1. The lowest BCUT2D eigenvalue weighted by Gasteiger charge is -2.30. The van der Waals surface area contributed by atoms with Gasteiger partial charge in [0, 0.05) is 37.5 Å². The van der Waals surface area contributed by atoms with Crippen molar-refractivity contribution in [3.05, 3.63) is 105 Å². The summed E-state index contributed by atoms with van der Waals surface area (Å²) in [7, 11) is 0. The second-order valence-electron chi connectivity index (χ2n) is 7.69. The first-order chi connectivity index (χ1) is 15.5. The third-order valence-corrected chi connectivity index (χ3v) is 5.96. The number of nitro benzene ring substituents is 1. The Balaban J connectivity index is 1.70. The summed E-state index contributed by atoms with van der Waals surface area (Å²) in [6.07, 6.45) is 0. The Kier molecular flexibility index (Phi) is 6.50. The van der Waals surface area contributed by atoms with Gasteiger partial charge in [0.25, 0.3) is 11.6 Å². The van der Waals surface area contributed by atoms with E-state index < -0.39 is 4.92 Å². The minimum absolute atomic E-state index is 0.0209. The number of aliphatic hydroxyl groups excluding tert-OH is 1. The molecule has 0 bridgehead atoms. The lowest BCUT2D eigenvalue weighted by Crippen LogP contribution is -2.45. The first kappa shape index (κ1) is 22.0. The van der Waals surface area contributed by atoms with Crippen molar-refractivity contribution in [3.63, 3.8) is 0 Å². The molecule has 3 aromatic rings. The maximum Gasteiger partial charge on any atom is 0.270 e. The normalized spacial score (nSPS) is 16.3. The van der Waals surface area contributed by atoms with Crippen molar-refractivity contribution in [2.75, 3.05) is 18.1 Å². The molecule has 3 aromatic carbocycles. The molecule has 1 N–H and O–H groups in total. The summed E-state index contributed by atoms with van der Waals surface area (Å²) in [5.74, 6) is -0.364. The fourth-order valence-electron chi connectivity index (χ4n) is 3.99. The van der Waals surface area contributed by atoms with E-state index in [1.54, 1.807) is 4.90 Å². The van der Waals surface area contributed by atoms with Gasteiger partial charge in [0.2, 0.25) is 0 Å². The zero-order chi connectivity index (χ0) is 22.7. The van der Waals surface area contributed by atoms with Crippen LogP contribution in [0.25, 0.3) is 0 Å². The first-order valence-electron chi connectivity index (χ1n) is 10.2.